The predicted molar refractivity (Wildman–Crippen MR) is 105 cm³/mol. The first-order valence-electron chi connectivity index (χ1n) is 9.36. The van der Waals surface area contributed by atoms with Gasteiger partial charge in [-0.25, -0.2) is 4.79 Å². The van der Waals surface area contributed by atoms with E-state index in [1.54, 1.807) is 18.2 Å². The number of hydrogen-bond donors (Lipinski definition) is 4. The van der Waals surface area contributed by atoms with Gasteiger partial charge in [-0.3, -0.25) is 9.59 Å². The predicted octanol–water partition coefficient (Wildman–Crippen LogP) is 1.06. The van der Waals surface area contributed by atoms with Crippen molar-refractivity contribution in [2.75, 3.05) is 38.0 Å². The molecule has 1 unspecified atom stereocenters. The summed E-state index contributed by atoms with van der Waals surface area (Å²) in [6.45, 7) is 6.99. The number of amides is 4. The van der Waals surface area contributed by atoms with Crippen LogP contribution in [0.4, 0.5) is 10.5 Å². The molecule has 1 aromatic rings. The Bertz CT molecular complexity index is 692. The van der Waals surface area contributed by atoms with Crippen molar-refractivity contribution in [2.45, 2.75) is 26.7 Å². The molecule has 8 nitrogen and oxygen atoms in total. The van der Waals surface area contributed by atoms with E-state index in [2.05, 4.69) is 20.9 Å². The number of hydrogen-bond acceptors (Lipinski definition) is 4. The second-order valence-corrected chi connectivity index (χ2v) is 6.81. The topological polar surface area (TPSA) is 117 Å². The SMILES string of the molecule is CCNC(=O)c1ccc(NC(=O)NCCN2CCCC(C(N)=O)C2)c(C)c1. The summed E-state index contributed by atoms with van der Waals surface area (Å²) in [5, 5.41) is 8.37. The maximum atomic E-state index is 12.1. The summed E-state index contributed by atoms with van der Waals surface area (Å²) >= 11 is 0. The van der Waals surface area contributed by atoms with Crippen molar-refractivity contribution in [2.24, 2.45) is 11.7 Å². The summed E-state index contributed by atoms with van der Waals surface area (Å²) in [5.41, 5.74) is 7.42. The van der Waals surface area contributed by atoms with Crippen LogP contribution < -0.4 is 21.7 Å². The second-order valence-electron chi connectivity index (χ2n) is 6.81. The fourth-order valence-corrected chi connectivity index (χ4v) is 3.19. The van der Waals surface area contributed by atoms with Gasteiger partial charge < -0.3 is 26.6 Å². The van der Waals surface area contributed by atoms with E-state index in [0.29, 0.717) is 37.4 Å². The molecule has 0 aromatic heterocycles. The van der Waals surface area contributed by atoms with Crippen LogP contribution in [0.3, 0.4) is 0 Å². The van der Waals surface area contributed by atoms with Crippen LogP contribution in [0.5, 0.6) is 0 Å². The van der Waals surface area contributed by atoms with Gasteiger partial charge in [0.05, 0.1) is 5.92 Å². The number of likely N-dealkylation sites (tertiary alicyclic amines) is 1. The van der Waals surface area contributed by atoms with Crippen molar-refractivity contribution in [1.29, 1.82) is 0 Å². The fourth-order valence-electron chi connectivity index (χ4n) is 3.19. The minimum atomic E-state index is -0.299. The molecule has 5 N–H and O–H groups in total. The number of carbonyl (C=O) groups excluding carboxylic acids is 3. The Morgan fingerprint density at radius 3 is 2.70 bits per heavy atom. The number of anilines is 1. The summed E-state index contributed by atoms with van der Waals surface area (Å²) in [7, 11) is 0. The van der Waals surface area contributed by atoms with Crippen molar-refractivity contribution >= 4 is 23.5 Å². The number of nitrogens with one attached hydrogen (secondary N) is 3. The third-order valence-corrected chi connectivity index (χ3v) is 4.70. The minimum Gasteiger partial charge on any atom is -0.369 e. The van der Waals surface area contributed by atoms with Gasteiger partial charge in [0.1, 0.15) is 0 Å². The molecule has 1 atom stereocenters. The number of carbonyl (C=O) groups is 3. The number of nitrogens with two attached hydrogens (primary N) is 1. The number of urea groups is 1. The Morgan fingerprint density at radius 2 is 2.04 bits per heavy atom. The molecule has 1 fully saturated rings. The van der Waals surface area contributed by atoms with E-state index in [4.69, 9.17) is 5.73 Å². The van der Waals surface area contributed by atoms with Crippen molar-refractivity contribution in [3.8, 4) is 0 Å². The zero-order valence-electron chi connectivity index (χ0n) is 16.0. The third kappa shape index (κ3) is 6.25. The van der Waals surface area contributed by atoms with Gasteiger partial charge in [-0.15, -0.1) is 0 Å². The molecule has 1 aliphatic rings. The molecule has 0 radical (unpaired) electrons. The normalized spacial score (nSPS) is 17.2. The van der Waals surface area contributed by atoms with E-state index in [0.717, 1.165) is 24.9 Å². The molecule has 0 saturated carbocycles. The molecular weight excluding hydrogens is 346 g/mol. The first kappa shape index (κ1) is 20.7. The maximum absolute atomic E-state index is 12.1. The zero-order valence-corrected chi connectivity index (χ0v) is 16.0. The molecule has 1 saturated heterocycles. The number of aryl methyl sites for hydroxylation is 1. The van der Waals surface area contributed by atoms with Crippen molar-refractivity contribution in [3.63, 3.8) is 0 Å². The molecular formula is C19H29N5O3. The molecule has 0 spiro atoms. The number of primary amides is 1. The van der Waals surface area contributed by atoms with Gasteiger partial charge in [-0.2, -0.15) is 0 Å². The average molecular weight is 375 g/mol. The fraction of sp³-hybridized carbons (Fsp3) is 0.526. The average Bonchev–Trinajstić information content (AvgIpc) is 2.64. The quantitative estimate of drug-likeness (QED) is 0.570. The van der Waals surface area contributed by atoms with Crippen molar-refractivity contribution in [3.05, 3.63) is 29.3 Å². The molecule has 2 rings (SSSR count). The van der Waals surface area contributed by atoms with Crippen LogP contribution in [0.2, 0.25) is 0 Å². The lowest BCUT2D eigenvalue weighted by molar-refractivity contribution is -0.123. The van der Waals surface area contributed by atoms with E-state index < -0.39 is 0 Å². The Hall–Kier alpha value is -2.61. The molecule has 148 valence electrons. The smallest absolute Gasteiger partial charge is 0.319 e. The number of rotatable bonds is 7. The highest BCUT2D eigenvalue weighted by atomic mass is 16.2. The summed E-state index contributed by atoms with van der Waals surface area (Å²) < 4.78 is 0. The molecule has 27 heavy (non-hydrogen) atoms. The largest absolute Gasteiger partial charge is 0.369 e. The first-order valence-corrected chi connectivity index (χ1v) is 9.36. The van der Waals surface area contributed by atoms with Crippen LogP contribution in [0, 0.1) is 12.8 Å². The molecule has 1 aliphatic heterocycles. The van der Waals surface area contributed by atoms with Gasteiger partial charge in [0.25, 0.3) is 5.91 Å². The van der Waals surface area contributed by atoms with Gasteiger partial charge >= 0.3 is 6.03 Å². The van der Waals surface area contributed by atoms with Gasteiger partial charge in [-0.1, -0.05) is 0 Å². The maximum Gasteiger partial charge on any atom is 0.319 e. The number of piperidine rings is 1. The van der Waals surface area contributed by atoms with Gasteiger partial charge in [0, 0.05) is 37.4 Å². The lowest BCUT2D eigenvalue weighted by Gasteiger charge is -2.31. The Labute approximate surface area is 159 Å². The van der Waals surface area contributed by atoms with E-state index in [-0.39, 0.29) is 23.8 Å². The summed E-state index contributed by atoms with van der Waals surface area (Å²) in [6.07, 6.45) is 1.78. The molecule has 0 bridgehead atoms. The second kappa shape index (κ2) is 9.91. The first-order chi connectivity index (χ1) is 12.9. The lowest BCUT2D eigenvalue weighted by Crippen LogP contribution is -2.44. The van der Waals surface area contributed by atoms with E-state index in [1.807, 2.05) is 13.8 Å². The molecule has 8 heteroatoms. The molecule has 1 heterocycles. The third-order valence-electron chi connectivity index (χ3n) is 4.70. The van der Waals surface area contributed by atoms with E-state index in [1.165, 1.54) is 0 Å². The summed E-state index contributed by atoms with van der Waals surface area (Å²) in [5.74, 6) is -0.483. The standard InChI is InChI=1S/C19H29N5O3/c1-3-21-18(26)14-6-7-16(13(2)11-14)23-19(27)22-8-10-24-9-4-5-15(12-24)17(20)25/h6-7,11,15H,3-5,8-10,12H2,1-2H3,(H2,20,25)(H,21,26)(H2,22,23,27). The molecule has 1 aromatic carbocycles. The molecule has 4 amide bonds. The monoisotopic (exact) mass is 375 g/mol. The highest BCUT2D eigenvalue weighted by Crippen LogP contribution is 2.17. The van der Waals surface area contributed by atoms with Gasteiger partial charge in [0.2, 0.25) is 5.91 Å². The Kier molecular flexibility index (Phi) is 7.60. The van der Waals surface area contributed by atoms with E-state index >= 15 is 0 Å². The highest BCUT2D eigenvalue weighted by Gasteiger charge is 2.23. The van der Waals surface area contributed by atoms with Crippen LogP contribution in [-0.2, 0) is 4.79 Å². The number of nitrogens with zero attached hydrogens (tertiary/aromatic N) is 1. The Balaban J connectivity index is 1.78. The minimum absolute atomic E-state index is 0.0985. The van der Waals surface area contributed by atoms with Crippen LogP contribution in [0.15, 0.2) is 18.2 Å². The van der Waals surface area contributed by atoms with Crippen molar-refractivity contribution in [1.82, 2.24) is 15.5 Å². The Morgan fingerprint density at radius 1 is 1.26 bits per heavy atom. The molecule has 0 aliphatic carbocycles. The van der Waals surface area contributed by atoms with Crippen LogP contribution in [0.1, 0.15) is 35.7 Å². The number of benzene rings is 1. The summed E-state index contributed by atoms with van der Waals surface area (Å²) in [4.78, 5) is 37.4. The zero-order chi connectivity index (χ0) is 19.8. The van der Waals surface area contributed by atoms with E-state index in [9.17, 15) is 14.4 Å². The van der Waals surface area contributed by atoms with Gasteiger partial charge in [-0.05, 0) is 57.0 Å². The highest BCUT2D eigenvalue weighted by molar-refractivity contribution is 5.96. The van der Waals surface area contributed by atoms with Crippen molar-refractivity contribution < 1.29 is 14.4 Å². The van der Waals surface area contributed by atoms with Crippen LogP contribution >= 0.6 is 0 Å². The van der Waals surface area contributed by atoms with Crippen LogP contribution in [-0.4, -0.2) is 55.5 Å². The van der Waals surface area contributed by atoms with Crippen LogP contribution in [0.25, 0.3) is 0 Å². The van der Waals surface area contributed by atoms with Gasteiger partial charge in [0.15, 0.2) is 0 Å². The lowest BCUT2D eigenvalue weighted by atomic mass is 9.97. The summed E-state index contributed by atoms with van der Waals surface area (Å²) in [6, 6.07) is 4.86.